The second kappa shape index (κ2) is 8.46. The fourth-order valence-corrected chi connectivity index (χ4v) is 3.74. The first-order valence-corrected chi connectivity index (χ1v) is 9.80. The molecule has 0 radical (unpaired) electrons. The van der Waals surface area contributed by atoms with E-state index in [0.29, 0.717) is 17.0 Å². The molecule has 0 saturated carbocycles. The van der Waals surface area contributed by atoms with Gasteiger partial charge in [0.15, 0.2) is 0 Å². The van der Waals surface area contributed by atoms with Gasteiger partial charge in [0, 0.05) is 23.4 Å². The van der Waals surface area contributed by atoms with Gasteiger partial charge < -0.3 is 14.9 Å². The van der Waals surface area contributed by atoms with Gasteiger partial charge in [0.25, 0.3) is 17.4 Å². The number of carbonyl (C=O) groups is 2. The number of methoxy groups -OCH3 is 1. The minimum atomic E-state index is -1.03. The molecule has 1 aliphatic heterocycles. The number of benzene rings is 3. The van der Waals surface area contributed by atoms with Crippen LogP contribution in [0.5, 0.6) is 11.5 Å². The number of phenolic OH excluding ortho intramolecular Hbond substituents is 1. The minimum absolute atomic E-state index is 0.0150. The van der Waals surface area contributed by atoms with E-state index in [1.165, 1.54) is 54.5 Å². The molecule has 4 rings (SSSR count). The van der Waals surface area contributed by atoms with E-state index in [9.17, 15) is 29.9 Å². The van der Waals surface area contributed by atoms with E-state index in [1.807, 2.05) is 0 Å². The van der Waals surface area contributed by atoms with Crippen molar-refractivity contribution in [3.63, 3.8) is 0 Å². The molecule has 1 atom stereocenters. The van der Waals surface area contributed by atoms with Crippen molar-refractivity contribution >= 4 is 28.8 Å². The number of Topliss-reactive ketones (excluding diaryl/α,β-unsaturated/α-hetero) is 1. The number of aliphatic hydroxyl groups excluding tert-OH is 1. The van der Waals surface area contributed by atoms with E-state index >= 15 is 0 Å². The van der Waals surface area contributed by atoms with Crippen LogP contribution in [-0.2, 0) is 9.59 Å². The highest BCUT2D eigenvalue weighted by Crippen LogP contribution is 2.42. The van der Waals surface area contributed by atoms with Crippen LogP contribution < -0.4 is 9.64 Å². The van der Waals surface area contributed by atoms with E-state index in [1.54, 1.807) is 24.3 Å². The Morgan fingerprint density at radius 3 is 2.30 bits per heavy atom. The summed E-state index contributed by atoms with van der Waals surface area (Å²) in [7, 11) is 1.50. The summed E-state index contributed by atoms with van der Waals surface area (Å²) in [5, 5.41) is 31.9. The number of nitrogens with zero attached hydrogens (tertiary/aromatic N) is 2. The molecule has 3 aromatic rings. The van der Waals surface area contributed by atoms with Crippen molar-refractivity contribution in [1.82, 2.24) is 0 Å². The second-order valence-corrected chi connectivity index (χ2v) is 7.27. The number of hydrogen-bond acceptors (Lipinski definition) is 7. The van der Waals surface area contributed by atoms with Crippen molar-refractivity contribution in [3.05, 3.63) is 99.6 Å². The number of anilines is 1. The third-order valence-electron chi connectivity index (χ3n) is 5.33. The molecule has 1 saturated heterocycles. The topological polar surface area (TPSA) is 130 Å². The Hall–Kier alpha value is -4.66. The summed E-state index contributed by atoms with van der Waals surface area (Å²) in [6.07, 6.45) is 0. The molecule has 0 aromatic heterocycles. The second-order valence-electron chi connectivity index (χ2n) is 7.27. The molecule has 0 spiro atoms. The Morgan fingerprint density at radius 1 is 1.03 bits per heavy atom. The highest BCUT2D eigenvalue weighted by molar-refractivity contribution is 6.51. The molecule has 1 amide bonds. The van der Waals surface area contributed by atoms with Crippen molar-refractivity contribution in [2.24, 2.45) is 0 Å². The number of phenols is 1. The maximum atomic E-state index is 13.1. The average molecular weight is 446 g/mol. The van der Waals surface area contributed by atoms with E-state index < -0.39 is 28.4 Å². The van der Waals surface area contributed by atoms with Gasteiger partial charge in [-0.1, -0.05) is 24.3 Å². The first-order valence-electron chi connectivity index (χ1n) is 9.80. The smallest absolute Gasteiger partial charge is 0.300 e. The Morgan fingerprint density at radius 2 is 1.70 bits per heavy atom. The lowest BCUT2D eigenvalue weighted by atomic mass is 9.95. The Bertz CT molecular complexity index is 1280. The number of rotatable bonds is 5. The number of amides is 1. The van der Waals surface area contributed by atoms with Gasteiger partial charge in [-0.15, -0.1) is 0 Å². The average Bonchev–Trinajstić information content (AvgIpc) is 3.09. The lowest BCUT2D eigenvalue weighted by Gasteiger charge is -2.25. The van der Waals surface area contributed by atoms with Crippen molar-refractivity contribution in [2.45, 2.75) is 6.04 Å². The zero-order valence-electron chi connectivity index (χ0n) is 17.3. The highest BCUT2D eigenvalue weighted by atomic mass is 16.6. The Kier molecular flexibility index (Phi) is 5.53. The fraction of sp³-hybridized carbons (Fsp3) is 0.0833. The van der Waals surface area contributed by atoms with Crippen molar-refractivity contribution in [3.8, 4) is 11.5 Å². The Labute approximate surface area is 187 Å². The number of nitro groups is 1. The quantitative estimate of drug-likeness (QED) is 0.200. The number of aromatic hydroxyl groups is 1. The number of non-ortho nitro benzene ring substituents is 1. The van der Waals surface area contributed by atoms with Gasteiger partial charge in [-0.3, -0.25) is 24.6 Å². The lowest BCUT2D eigenvalue weighted by Crippen LogP contribution is -2.29. The summed E-state index contributed by atoms with van der Waals surface area (Å²) in [6, 6.07) is 16.5. The van der Waals surface area contributed by atoms with E-state index in [2.05, 4.69) is 0 Å². The number of nitro benzene ring substituents is 1. The number of ether oxygens (including phenoxy) is 1. The largest absolute Gasteiger partial charge is 0.508 e. The van der Waals surface area contributed by atoms with Gasteiger partial charge in [0.1, 0.15) is 17.3 Å². The third kappa shape index (κ3) is 3.87. The molecule has 9 heteroatoms. The Balaban J connectivity index is 1.92. The number of ketones is 1. The van der Waals surface area contributed by atoms with Gasteiger partial charge in [0.2, 0.25) is 0 Å². The van der Waals surface area contributed by atoms with Crippen LogP contribution in [0.15, 0.2) is 78.4 Å². The summed E-state index contributed by atoms with van der Waals surface area (Å²) in [4.78, 5) is 37.9. The minimum Gasteiger partial charge on any atom is -0.508 e. The van der Waals surface area contributed by atoms with Gasteiger partial charge >= 0.3 is 0 Å². The summed E-state index contributed by atoms with van der Waals surface area (Å²) in [5.74, 6) is -1.81. The van der Waals surface area contributed by atoms with Crippen molar-refractivity contribution in [1.29, 1.82) is 0 Å². The zero-order chi connectivity index (χ0) is 23.7. The fourth-order valence-electron chi connectivity index (χ4n) is 3.74. The molecule has 1 aliphatic rings. The highest BCUT2D eigenvalue weighted by Gasteiger charge is 2.47. The predicted octanol–water partition coefficient (Wildman–Crippen LogP) is 3.94. The first kappa shape index (κ1) is 21.6. The standard InChI is InChI=1S/C24H18N2O7/c1-33-19-11-7-16(8-12-19)25-21(14-5-9-18(27)10-6-14)20(23(29)24(25)30)22(28)15-3-2-4-17(13-15)26(31)32/h2-13,21,27-28H,1H3/b22-20-. The van der Waals surface area contributed by atoms with Crippen molar-refractivity contribution in [2.75, 3.05) is 12.0 Å². The molecule has 1 unspecified atom stereocenters. The number of hydrogen-bond donors (Lipinski definition) is 2. The van der Waals surface area contributed by atoms with Crippen LogP contribution in [-0.4, -0.2) is 33.9 Å². The SMILES string of the molecule is COc1ccc(N2C(=O)C(=O)/C(=C(\O)c3cccc([N+](=O)[O-])c3)C2c2ccc(O)cc2)cc1. The number of aliphatic hydroxyl groups is 1. The maximum absolute atomic E-state index is 13.1. The molecule has 9 nitrogen and oxygen atoms in total. The first-order chi connectivity index (χ1) is 15.8. The lowest BCUT2D eigenvalue weighted by molar-refractivity contribution is -0.384. The molecule has 1 heterocycles. The molecule has 33 heavy (non-hydrogen) atoms. The zero-order valence-corrected chi connectivity index (χ0v) is 17.3. The molecule has 1 fully saturated rings. The third-order valence-corrected chi connectivity index (χ3v) is 5.33. The van der Waals surface area contributed by atoms with Crippen LogP contribution in [0.1, 0.15) is 17.2 Å². The monoisotopic (exact) mass is 446 g/mol. The molecule has 3 aromatic carbocycles. The number of carbonyl (C=O) groups excluding carboxylic acids is 2. The van der Waals surface area contributed by atoms with E-state index in [-0.39, 0.29) is 22.6 Å². The molecule has 0 bridgehead atoms. The van der Waals surface area contributed by atoms with Crippen LogP contribution in [0.4, 0.5) is 11.4 Å². The molecule has 2 N–H and O–H groups in total. The van der Waals surface area contributed by atoms with Crippen LogP contribution >= 0.6 is 0 Å². The van der Waals surface area contributed by atoms with Crippen LogP contribution in [0, 0.1) is 10.1 Å². The van der Waals surface area contributed by atoms with Crippen LogP contribution in [0.3, 0.4) is 0 Å². The molecular weight excluding hydrogens is 428 g/mol. The molecule has 166 valence electrons. The van der Waals surface area contributed by atoms with E-state index in [0.717, 1.165) is 6.07 Å². The van der Waals surface area contributed by atoms with Gasteiger partial charge in [-0.2, -0.15) is 0 Å². The van der Waals surface area contributed by atoms with E-state index in [4.69, 9.17) is 4.74 Å². The summed E-state index contributed by atoms with van der Waals surface area (Å²) in [6.45, 7) is 0. The van der Waals surface area contributed by atoms with Crippen LogP contribution in [0.2, 0.25) is 0 Å². The van der Waals surface area contributed by atoms with Crippen molar-refractivity contribution < 1.29 is 29.5 Å². The van der Waals surface area contributed by atoms with Gasteiger partial charge in [-0.05, 0) is 42.0 Å². The van der Waals surface area contributed by atoms with Gasteiger partial charge in [0.05, 0.1) is 23.6 Å². The molecular formula is C24H18N2O7. The maximum Gasteiger partial charge on any atom is 0.300 e. The normalized spacial score (nSPS) is 17.2. The summed E-state index contributed by atoms with van der Waals surface area (Å²) >= 11 is 0. The predicted molar refractivity (Wildman–Crippen MR) is 119 cm³/mol. The summed E-state index contributed by atoms with van der Waals surface area (Å²) in [5.41, 5.74) is 0.371. The van der Waals surface area contributed by atoms with Gasteiger partial charge in [-0.25, -0.2) is 0 Å². The van der Waals surface area contributed by atoms with Crippen LogP contribution in [0.25, 0.3) is 5.76 Å². The summed E-state index contributed by atoms with van der Waals surface area (Å²) < 4.78 is 5.15. The molecule has 0 aliphatic carbocycles.